The number of amides is 1. The molecule has 2 aromatic rings. The van der Waals surface area contributed by atoms with Crippen molar-refractivity contribution in [2.75, 3.05) is 18.4 Å². The van der Waals surface area contributed by atoms with E-state index in [0.29, 0.717) is 23.3 Å². The highest BCUT2D eigenvalue weighted by Gasteiger charge is 2.22. The first kappa shape index (κ1) is 18.4. The number of carbonyl (C=O) groups excluding carboxylic acids is 1. The Morgan fingerprint density at radius 1 is 1.38 bits per heavy atom. The van der Waals surface area contributed by atoms with Gasteiger partial charge in [-0.05, 0) is 43.0 Å². The van der Waals surface area contributed by atoms with Crippen LogP contribution in [0.5, 0.6) is 0 Å². The van der Waals surface area contributed by atoms with Gasteiger partial charge < -0.3 is 9.73 Å². The fraction of sp³-hybridized carbons (Fsp3) is 0.526. The minimum atomic E-state index is -0.169. The molecule has 1 amide bonds. The number of nitrogens with one attached hydrogen (secondary N) is 1. The van der Waals surface area contributed by atoms with Crippen LogP contribution in [0.25, 0.3) is 11.5 Å². The van der Waals surface area contributed by atoms with Crippen LogP contribution in [-0.4, -0.2) is 40.0 Å². The third kappa shape index (κ3) is 4.40. The van der Waals surface area contributed by atoms with Crippen LogP contribution >= 0.6 is 0 Å². The Balaban J connectivity index is 1.78. The van der Waals surface area contributed by atoms with Crippen LogP contribution in [0, 0.1) is 0 Å². The second-order valence-corrected chi connectivity index (χ2v) is 6.77. The number of rotatable bonds is 9. The highest BCUT2D eigenvalue weighted by Crippen LogP contribution is 2.30. The molecule has 26 heavy (non-hydrogen) atoms. The Kier molecular flexibility index (Phi) is 6.22. The van der Waals surface area contributed by atoms with Crippen molar-refractivity contribution in [1.82, 2.24) is 15.3 Å². The van der Waals surface area contributed by atoms with E-state index in [2.05, 4.69) is 28.5 Å². The molecule has 0 aliphatic carbocycles. The van der Waals surface area contributed by atoms with E-state index in [1.165, 1.54) is 11.3 Å². The van der Waals surface area contributed by atoms with Crippen LogP contribution in [0.3, 0.4) is 0 Å². The lowest BCUT2D eigenvalue weighted by Crippen LogP contribution is -2.24. The van der Waals surface area contributed by atoms with Crippen molar-refractivity contribution in [3.8, 4) is 11.5 Å². The first-order valence-electron chi connectivity index (χ1n) is 9.32. The fourth-order valence-electron chi connectivity index (χ4n) is 3.33. The number of hydrogen-bond donors (Lipinski definition) is 2. The first-order chi connectivity index (χ1) is 12.7. The van der Waals surface area contributed by atoms with E-state index >= 15 is 0 Å². The van der Waals surface area contributed by atoms with Crippen LogP contribution in [0.15, 0.2) is 22.6 Å². The molecule has 7 nitrogen and oxygen atoms in total. The SMILES string of the molecule is CCCCC[C@@H](CN(O)C=O)c1nnc(-c2ccc3c(c2)CCCN3)o1. The van der Waals surface area contributed by atoms with Gasteiger partial charge in [0.1, 0.15) is 0 Å². The topological polar surface area (TPSA) is 91.5 Å². The minimum Gasteiger partial charge on any atom is -0.420 e. The lowest BCUT2D eigenvalue weighted by atomic mass is 10.0. The maximum Gasteiger partial charge on any atom is 0.247 e. The molecule has 2 N–H and O–H groups in total. The normalized spacial score (nSPS) is 14.4. The number of hydrogen-bond acceptors (Lipinski definition) is 6. The molecule has 0 spiro atoms. The zero-order valence-corrected chi connectivity index (χ0v) is 15.1. The van der Waals surface area contributed by atoms with Crippen molar-refractivity contribution >= 4 is 12.1 Å². The molecule has 1 atom stereocenters. The summed E-state index contributed by atoms with van der Waals surface area (Å²) in [6.45, 7) is 3.29. The van der Waals surface area contributed by atoms with Crippen LogP contribution in [0.1, 0.15) is 56.4 Å². The van der Waals surface area contributed by atoms with Gasteiger partial charge in [-0.3, -0.25) is 10.0 Å². The third-order valence-electron chi connectivity index (χ3n) is 4.77. The van der Waals surface area contributed by atoms with Gasteiger partial charge in [-0.15, -0.1) is 10.2 Å². The molecule has 0 unspecified atom stereocenters. The highest BCUT2D eigenvalue weighted by atomic mass is 16.5. The van der Waals surface area contributed by atoms with Crippen LogP contribution in [0.4, 0.5) is 5.69 Å². The molecule has 1 aromatic carbocycles. The third-order valence-corrected chi connectivity index (χ3v) is 4.77. The Morgan fingerprint density at radius 3 is 3.08 bits per heavy atom. The fourth-order valence-corrected chi connectivity index (χ4v) is 3.33. The number of fused-ring (bicyclic) bond motifs is 1. The molecule has 1 aliphatic rings. The Morgan fingerprint density at radius 2 is 2.27 bits per heavy atom. The zero-order chi connectivity index (χ0) is 18.4. The lowest BCUT2D eigenvalue weighted by Gasteiger charge is -2.18. The summed E-state index contributed by atoms with van der Waals surface area (Å²) in [5.74, 6) is 0.773. The van der Waals surface area contributed by atoms with Gasteiger partial charge in [0.2, 0.25) is 18.2 Å². The predicted molar refractivity (Wildman–Crippen MR) is 98.0 cm³/mol. The molecule has 0 radical (unpaired) electrons. The van der Waals surface area contributed by atoms with Crippen LogP contribution in [0.2, 0.25) is 0 Å². The summed E-state index contributed by atoms with van der Waals surface area (Å²) >= 11 is 0. The van der Waals surface area contributed by atoms with E-state index in [4.69, 9.17) is 4.42 Å². The summed E-state index contributed by atoms with van der Waals surface area (Å²) in [5, 5.41) is 22.0. The van der Waals surface area contributed by atoms with Gasteiger partial charge >= 0.3 is 0 Å². The molecule has 0 saturated carbocycles. The summed E-state index contributed by atoms with van der Waals surface area (Å²) < 4.78 is 5.90. The molecular weight excluding hydrogens is 332 g/mol. The Labute approximate surface area is 153 Å². The predicted octanol–water partition coefficient (Wildman–Crippen LogP) is 3.61. The number of carbonyl (C=O) groups is 1. The summed E-state index contributed by atoms with van der Waals surface area (Å²) in [6.07, 6.45) is 6.51. The van der Waals surface area contributed by atoms with Gasteiger partial charge in [-0.25, -0.2) is 5.06 Å². The smallest absolute Gasteiger partial charge is 0.247 e. The lowest BCUT2D eigenvalue weighted by molar-refractivity contribution is -0.151. The molecule has 0 bridgehead atoms. The maximum atomic E-state index is 10.8. The van der Waals surface area contributed by atoms with E-state index < -0.39 is 0 Å². The first-order valence-corrected chi connectivity index (χ1v) is 9.32. The van der Waals surface area contributed by atoms with E-state index in [1.54, 1.807) is 0 Å². The van der Waals surface area contributed by atoms with Gasteiger partial charge in [-0.1, -0.05) is 26.2 Å². The van der Waals surface area contributed by atoms with E-state index in [-0.39, 0.29) is 12.5 Å². The van der Waals surface area contributed by atoms with Crippen molar-refractivity contribution in [3.05, 3.63) is 29.7 Å². The zero-order valence-electron chi connectivity index (χ0n) is 15.1. The number of nitrogens with zero attached hydrogens (tertiary/aromatic N) is 3. The van der Waals surface area contributed by atoms with Gasteiger partial charge in [0.05, 0.1) is 12.5 Å². The molecule has 0 saturated heterocycles. The molecule has 1 aromatic heterocycles. The van der Waals surface area contributed by atoms with Gasteiger partial charge in [-0.2, -0.15) is 0 Å². The number of hydroxylamine groups is 2. The number of aryl methyl sites for hydroxylation is 1. The molecule has 0 fully saturated rings. The number of benzene rings is 1. The standard InChI is InChI=1S/C19H26N4O3/c1-2-3-4-6-16(12-23(25)13-24)19-22-21-18(26-19)15-8-9-17-14(11-15)7-5-10-20-17/h8-9,11,13,16,20,25H,2-7,10,12H2,1H3/t16-/m0/s1. The van der Waals surface area contributed by atoms with Crippen molar-refractivity contribution in [2.24, 2.45) is 0 Å². The second kappa shape index (κ2) is 8.80. The van der Waals surface area contributed by atoms with Crippen molar-refractivity contribution in [2.45, 2.75) is 51.4 Å². The van der Waals surface area contributed by atoms with Crippen molar-refractivity contribution in [3.63, 3.8) is 0 Å². The van der Waals surface area contributed by atoms with Gasteiger partial charge in [0.25, 0.3) is 0 Å². The second-order valence-electron chi connectivity index (χ2n) is 6.77. The molecule has 1 aliphatic heterocycles. The molecule has 3 rings (SSSR count). The summed E-state index contributed by atoms with van der Waals surface area (Å²) in [5.41, 5.74) is 3.32. The Hall–Kier alpha value is -2.41. The minimum absolute atomic E-state index is 0.156. The highest BCUT2D eigenvalue weighted by molar-refractivity contribution is 5.63. The summed E-state index contributed by atoms with van der Waals surface area (Å²) in [7, 11) is 0. The number of unbranched alkanes of at least 4 members (excludes halogenated alkanes) is 2. The van der Waals surface area contributed by atoms with Crippen molar-refractivity contribution in [1.29, 1.82) is 0 Å². The average molecular weight is 358 g/mol. The van der Waals surface area contributed by atoms with Crippen LogP contribution < -0.4 is 5.32 Å². The summed E-state index contributed by atoms with van der Waals surface area (Å²) in [6, 6.07) is 6.12. The van der Waals surface area contributed by atoms with E-state index in [1.807, 2.05) is 12.1 Å². The largest absolute Gasteiger partial charge is 0.420 e. The monoisotopic (exact) mass is 358 g/mol. The average Bonchev–Trinajstić information content (AvgIpc) is 3.17. The summed E-state index contributed by atoms with van der Waals surface area (Å²) in [4.78, 5) is 10.8. The van der Waals surface area contributed by atoms with Gasteiger partial charge in [0.15, 0.2) is 0 Å². The van der Waals surface area contributed by atoms with Crippen LogP contribution in [-0.2, 0) is 11.2 Å². The molecule has 140 valence electrons. The Bertz CT molecular complexity index is 731. The number of aromatic nitrogens is 2. The molecular formula is C19H26N4O3. The van der Waals surface area contributed by atoms with E-state index in [0.717, 1.165) is 50.6 Å². The van der Waals surface area contributed by atoms with E-state index in [9.17, 15) is 10.0 Å². The quantitative estimate of drug-likeness (QED) is 0.308. The number of anilines is 1. The maximum absolute atomic E-state index is 10.8. The van der Waals surface area contributed by atoms with Crippen molar-refractivity contribution < 1.29 is 14.4 Å². The molecule has 2 heterocycles. The molecule has 7 heteroatoms. The van der Waals surface area contributed by atoms with Gasteiger partial charge in [0, 0.05) is 17.8 Å².